The van der Waals surface area contributed by atoms with Gasteiger partial charge < -0.3 is 4.42 Å². The van der Waals surface area contributed by atoms with E-state index >= 15 is 0 Å². The molecule has 2 aromatic heterocycles. The molecule has 7 nitrogen and oxygen atoms in total. The number of nitrogens with two attached hydrogens (primary N) is 1. The number of hydrogen-bond donors (Lipinski definition) is 1. The van der Waals surface area contributed by atoms with E-state index in [9.17, 15) is 17.2 Å². The number of primary sulfonamides is 1. The first-order chi connectivity index (χ1) is 8.85. The van der Waals surface area contributed by atoms with Crippen LogP contribution in [0.15, 0.2) is 10.6 Å². The number of thiazole rings is 1. The summed E-state index contributed by atoms with van der Waals surface area (Å²) in [6.07, 6.45) is -1.24. The Morgan fingerprint density at radius 1 is 1.42 bits per heavy atom. The average Bonchev–Trinajstić information content (AvgIpc) is 2.94. The molecule has 0 aliphatic heterocycles. The zero-order valence-electron chi connectivity index (χ0n) is 9.29. The van der Waals surface area contributed by atoms with E-state index in [1.165, 1.54) is 6.20 Å². The van der Waals surface area contributed by atoms with E-state index in [1.54, 1.807) is 0 Å². The summed E-state index contributed by atoms with van der Waals surface area (Å²) in [6.45, 7) is 0. The third-order valence-corrected chi connectivity index (χ3v) is 3.82. The van der Waals surface area contributed by atoms with Crippen molar-refractivity contribution in [3.05, 3.63) is 17.0 Å². The van der Waals surface area contributed by atoms with E-state index in [0.717, 1.165) is 11.3 Å². The predicted octanol–water partition coefficient (Wildman–Crippen LogP) is 0.962. The van der Waals surface area contributed by atoms with Crippen LogP contribution in [0.5, 0.6) is 0 Å². The van der Waals surface area contributed by atoms with Crippen molar-refractivity contribution in [1.82, 2.24) is 15.2 Å². The van der Waals surface area contributed by atoms with Crippen LogP contribution in [0.1, 0.15) is 17.2 Å². The van der Waals surface area contributed by atoms with Gasteiger partial charge in [0, 0.05) is 11.1 Å². The van der Waals surface area contributed by atoms with E-state index in [2.05, 4.69) is 15.2 Å². The van der Waals surface area contributed by atoms with E-state index in [0.29, 0.717) is 4.88 Å². The molecule has 0 atom stereocenters. The standard InChI is InChI=1S/C8H8F2N4O3S2/c9-5(10)6-13-14-7(17-6)8-12-3-4(18-8)1-2-19(11,15)16/h3,5H,1-2H2,(H2,11,15,16). The van der Waals surface area contributed by atoms with E-state index in [1.807, 2.05) is 0 Å². The monoisotopic (exact) mass is 310 g/mol. The summed E-state index contributed by atoms with van der Waals surface area (Å²) in [7, 11) is -3.56. The third-order valence-electron chi connectivity index (χ3n) is 2.00. The van der Waals surface area contributed by atoms with Crippen LogP contribution < -0.4 is 5.14 Å². The van der Waals surface area contributed by atoms with Crippen LogP contribution in [0.3, 0.4) is 0 Å². The van der Waals surface area contributed by atoms with Gasteiger partial charge in [0.1, 0.15) is 0 Å². The molecule has 2 N–H and O–H groups in total. The topological polar surface area (TPSA) is 112 Å². The number of sulfonamides is 1. The highest BCUT2D eigenvalue weighted by Crippen LogP contribution is 2.26. The molecule has 0 fully saturated rings. The molecule has 104 valence electrons. The summed E-state index contributed by atoms with van der Waals surface area (Å²) in [4.78, 5) is 4.53. The van der Waals surface area contributed by atoms with Crippen LogP contribution in [0.25, 0.3) is 10.9 Å². The number of nitrogens with zero attached hydrogens (tertiary/aromatic N) is 3. The Balaban J connectivity index is 2.11. The summed E-state index contributed by atoms with van der Waals surface area (Å²) in [5, 5.41) is 11.7. The molecule has 19 heavy (non-hydrogen) atoms. The van der Waals surface area contributed by atoms with E-state index < -0.39 is 22.3 Å². The van der Waals surface area contributed by atoms with Gasteiger partial charge in [-0.15, -0.1) is 21.5 Å². The second-order valence-electron chi connectivity index (χ2n) is 3.49. The van der Waals surface area contributed by atoms with Crippen LogP contribution in [-0.4, -0.2) is 29.4 Å². The Morgan fingerprint density at radius 2 is 2.16 bits per heavy atom. The largest absolute Gasteiger partial charge is 0.413 e. The van der Waals surface area contributed by atoms with Crippen LogP contribution in [-0.2, 0) is 16.4 Å². The Bertz CT molecular complexity index is 667. The maximum atomic E-state index is 12.3. The van der Waals surface area contributed by atoms with Gasteiger partial charge in [-0.2, -0.15) is 8.78 Å². The minimum Gasteiger partial charge on any atom is -0.413 e. The van der Waals surface area contributed by atoms with Gasteiger partial charge in [0.2, 0.25) is 10.0 Å². The summed E-state index contributed by atoms with van der Waals surface area (Å²) in [6, 6.07) is 0. The highest BCUT2D eigenvalue weighted by Gasteiger charge is 2.19. The van der Waals surface area contributed by atoms with Gasteiger partial charge >= 0.3 is 6.43 Å². The first-order valence-corrected chi connectivity index (χ1v) is 7.45. The Labute approximate surface area is 110 Å². The molecule has 2 aromatic rings. The molecular weight excluding hydrogens is 302 g/mol. The molecule has 0 amide bonds. The quantitative estimate of drug-likeness (QED) is 0.880. The summed E-state index contributed by atoms with van der Waals surface area (Å²) in [5.74, 6) is -1.13. The average molecular weight is 310 g/mol. The normalized spacial score (nSPS) is 12.2. The molecule has 0 aliphatic carbocycles. The second kappa shape index (κ2) is 5.27. The fourth-order valence-corrected chi connectivity index (χ4v) is 2.64. The molecule has 0 aromatic carbocycles. The Morgan fingerprint density at radius 3 is 2.74 bits per heavy atom. The van der Waals surface area contributed by atoms with Crippen molar-refractivity contribution in [2.24, 2.45) is 5.14 Å². The van der Waals surface area contributed by atoms with Crippen LogP contribution >= 0.6 is 11.3 Å². The van der Waals surface area contributed by atoms with E-state index in [4.69, 9.17) is 9.56 Å². The maximum absolute atomic E-state index is 12.3. The maximum Gasteiger partial charge on any atom is 0.314 e. The SMILES string of the molecule is NS(=O)(=O)CCc1cnc(-c2nnc(C(F)F)o2)s1. The lowest BCUT2D eigenvalue weighted by Crippen LogP contribution is -2.17. The molecule has 0 saturated carbocycles. The lowest BCUT2D eigenvalue weighted by Gasteiger charge is -1.93. The zero-order chi connectivity index (χ0) is 14.0. The smallest absolute Gasteiger partial charge is 0.314 e. The van der Waals surface area contributed by atoms with Crippen LogP contribution in [0.2, 0.25) is 0 Å². The highest BCUT2D eigenvalue weighted by atomic mass is 32.2. The number of hydrogen-bond acceptors (Lipinski definition) is 7. The van der Waals surface area contributed by atoms with Crippen molar-refractivity contribution in [1.29, 1.82) is 0 Å². The van der Waals surface area contributed by atoms with E-state index in [-0.39, 0.29) is 23.1 Å². The molecule has 0 bridgehead atoms. The lowest BCUT2D eigenvalue weighted by atomic mass is 10.4. The van der Waals surface area contributed by atoms with Crippen molar-refractivity contribution in [3.8, 4) is 10.9 Å². The molecule has 2 rings (SSSR count). The van der Waals surface area contributed by atoms with Crippen LogP contribution in [0.4, 0.5) is 8.78 Å². The van der Waals surface area contributed by atoms with Gasteiger partial charge in [-0.3, -0.25) is 0 Å². The molecular formula is C8H8F2N4O3S2. The van der Waals surface area contributed by atoms with Crippen molar-refractivity contribution in [2.75, 3.05) is 5.75 Å². The Kier molecular flexibility index (Phi) is 3.87. The lowest BCUT2D eigenvalue weighted by molar-refractivity contribution is 0.116. The van der Waals surface area contributed by atoms with Gasteiger partial charge in [0.15, 0.2) is 5.01 Å². The molecule has 0 radical (unpaired) electrons. The number of aryl methyl sites for hydroxylation is 1. The molecule has 0 unspecified atom stereocenters. The fraction of sp³-hybridized carbons (Fsp3) is 0.375. The molecule has 2 heterocycles. The highest BCUT2D eigenvalue weighted by molar-refractivity contribution is 7.89. The minimum absolute atomic E-state index is 0.123. The first kappa shape index (κ1) is 14.0. The van der Waals surface area contributed by atoms with Crippen molar-refractivity contribution in [3.63, 3.8) is 0 Å². The number of rotatable bonds is 5. The van der Waals surface area contributed by atoms with Crippen molar-refractivity contribution >= 4 is 21.4 Å². The summed E-state index contributed by atoms with van der Waals surface area (Å²) >= 11 is 1.08. The molecule has 0 aliphatic rings. The van der Waals surface area contributed by atoms with Crippen LogP contribution in [0, 0.1) is 0 Å². The van der Waals surface area contributed by atoms with Gasteiger partial charge in [-0.1, -0.05) is 0 Å². The summed E-state index contributed by atoms with van der Waals surface area (Å²) < 4.78 is 50.8. The molecule has 0 spiro atoms. The van der Waals surface area contributed by atoms with Crippen molar-refractivity contribution < 1.29 is 21.6 Å². The minimum atomic E-state index is -3.56. The molecule has 0 saturated heterocycles. The zero-order valence-corrected chi connectivity index (χ0v) is 10.9. The van der Waals surface area contributed by atoms with Gasteiger partial charge in [-0.25, -0.2) is 18.5 Å². The van der Waals surface area contributed by atoms with Crippen molar-refractivity contribution in [2.45, 2.75) is 12.8 Å². The van der Waals surface area contributed by atoms with Gasteiger partial charge in [-0.05, 0) is 6.42 Å². The number of halogens is 2. The fourth-order valence-electron chi connectivity index (χ4n) is 1.17. The summed E-state index contributed by atoms with van der Waals surface area (Å²) in [5.41, 5.74) is 0. The van der Waals surface area contributed by atoms with Gasteiger partial charge in [0.05, 0.1) is 5.75 Å². The first-order valence-electron chi connectivity index (χ1n) is 4.92. The number of alkyl halides is 2. The molecule has 11 heteroatoms. The second-order valence-corrected chi connectivity index (χ2v) is 6.34. The Hall–Kier alpha value is -1.46. The number of aromatic nitrogens is 3. The predicted molar refractivity (Wildman–Crippen MR) is 62.0 cm³/mol. The third kappa shape index (κ3) is 3.75. The van der Waals surface area contributed by atoms with Gasteiger partial charge in [0.25, 0.3) is 11.8 Å².